The lowest BCUT2D eigenvalue weighted by atomic mass is 9.70. The number of carbonyl (C=O) groups excluding carboxylic acids is 1. The number of nitrogens with two attached hydrogens (primary N) is 1. The van der Waals surface area contributed by atoms with Crippen molar-refractivity contribution in [1.29, 1.82) is 0 Å². The lowest BCUT2D eigenvalue weighted by Crippen LogP contribution is -2.39. The number of pyridine rings is 1. The molecule has 1 aliphatic rings. The molecule has 4 nitrogen and oxygen atoms in total. The lowest BCUT2D eigenvalue weighted by molar-refractivity contribution is -0.128. The number of carbonyl (C=O) groups is 1. The summed E-state index contributed by atoms with van der Waals surface area (Å²) in [5, 5.41) is 2.85. The number of anilines is 2. The van der Waals surface area contributed by atoms with Gasteiger partial charge >= 0.3 is 0 Å². The Morgan fingerprint density at radius 2 is 2.19 bits per heavy atom. The van der Waals surface area contributed by atoms with E-state index in [1.165, 1.54) is 0 Å². The van der Waals surface area contributed by atoms with Crippen LogP contribution in [-0.2, 0) is 4.79 Å². The largest absolute Gasteiger partial charge is 0.384 e. The first kappa shape index (κ1) is 12.8. The van der Waals surface area contributed by atoms with Crippen molar-refractivity contribution in [3.63, 3.8) is 0 Å². The molecule has 2 rings (SSSR count). The molecule has 0 atom stereocenters. The molecule has 88 valence electrons. The van der Waals surface area contributed by atoms with Gasteiger partial charge in [-0.05, 0) is 25.0 Å². The molecule has 1 heterocycles. The van der Waals surface area contributed by atoms with Gasteiger partial charge in [-0.25, -0.2) is 4.98 Å². The van der Waals surface area contributed by atoms with Crippen LogP contribution in [0.5, 0.6) is 0 Å². The molecule has 0 aromatic carbocycles. The Morgan fingerprint density at radius 3 is 2.62 bits per heavy atom. The summed E-state index contributed by atoms with van der Waals surface area (Å²) < 4.78 is 0. The van der Waals surface area contributed by atoms with Crippen LogP contribution in [0.1, 0.15) is 26.2 Å². The molecule has 1 amide bonds. The van der Waals surface area contributed by atoms with E-state index in [9.17, 15) is 4.79 Å². The third-order valence-corrected chi connectivity index (χ3v) is 3.05. The molecular formula is C11H16ClN3O. The van der Waals surface area contributed by atoms with E-state index in [1.807, 2.05) is 6.92 Å². The molecule has 0 unspecified atom stereocenters. The quantitative estimate of drug-likeness (QED) is 0.834. The molecular weight excluding hydrogens is 226 g/mol. The lowest BCUT2D eigenvalue weighted by Gasteiger charge is -2.36. The highest BCUT2D eigenvalue weighted by molar-refractivity contribution is 5.95. The number of rotatable bonds is 2. The third-order valence-electron chi connectivity index (χ3n) is 3.05. The van der Waals surface area contributed by atoms with Gasteiger partial charge in [-0.2, -0.15) is 0 Å². The molecule has 1 aromatic heterocycles. The summed E-state index contributed by atoms with van der Waals surface area (Å²) in [6, 6.07) is 3.45. The average molecular weight is 242 g/mol. The molecule has 1 aromatic rings. The molecule has 0 radical (unpaired) electrons. The van der Waals surface area contributed by atoms with Gasteiger partial charge in [0.25, 0.3) is 0 Å². The van der Waals surface area contributed by atoms with E-state index in [2.05, 4.69) is 10.3 Å². The maximum atomic E-state index is 11.8. The first-order valence-electron chi connectivity index (χ1n) is 5.13. The number of hydrogen-bond donors (Lipinski definition) is 2. The van der Waals surface area contributed by atoms with Gasteiger partial charge in [0.1, 0.15) is 5.82 Å². The second kappa shape index (κ2) is 4.70. The monoisotopic (exact) mass is 241 g/mol. The van der Waals surface area contributed by atoms with Crippen molar-refractivity contribution in [2.45, 2.75) is 26.2 Å². The Hall–Kier alpha value is -1.29. The van der Waals surface area contributed by atoms with Crippen LogP contribution in [0.4, 0.5) is 11.5 Å². The Kier molecular flexibility index (Phi) is 3.75. The van der Waals surface area contributed by atoms with Gasteiger partial charge < -0.3 is 11.1 Å². The minimum Gasteiger partial charge on any atom is -0.384 e. The van der Waals surface area contributed by atoms with Crippen LogP contribution in [0.25, 0.3) is 0 Å². The fraction of sp³-hybridized carbons (Fsp3) is 0.455. The van der Waals surface area contributed by atoms with Crippen LogP contribution in [0, 0.1) is 5.41 Å². The maximum Gasteiger partial charge on any atom is 0.230 e. The van der Waals surface area contributed by atoms with Crippen molar-refractivity contribution < 1.29 is 4.79 Å². The molecule has 1 fully saturated rings. The highest BCUT2D eigenvalue weighted by Gasteiger charge is 2.39. The number of nitrogen functional groups attached to an aromatic ring is 1. The minimum absolute atomic E-state index is 0. The van der Waals surface area contributed by atoms with E-state index in [4.69, 9.17) is 5.73 Å². The van der Waals surface area contributed by atoms with Gasteiger partial charge in [-0.15, -0.1) is 12.4 Å². The van der Waals surface area contributed by atoms with Crippen LogP contribution in [0.2, 0.25) is 0 Å². The summed E-state index contributed by atoms with van der Waals surface area (Å²) in [5.41, 5.74) is 5.99. The molecule has 0 spiro atoms. The zero-order valence-corrected chi connectivity index (χ0v) is 10.0. The van der Waals surface area contributed by atoms with E-state index in [0.29, 0.717) is 11.5 Å². The number of nitrogens with one attached hydrogen (secondary N) is 1. The van der Waals surface area contributed by atoms with Gasteiger partial charge in [-0.3, -0.25) is 4.79 Å². The van der Waals surface area contributed by atoms with Crippen LogP contribution < -0.4 is 11.1 Å². The van der Waals surface area contributed by atoms with Crippen molar-refractivity contribution in [3.05, 3.63) is 18.3 Å². The van der Waals surface area contributed by atoms with E-state index in [-0.39, 0.29) is 23.7 Å². The fourth-order valence-corrected chi connectivity index (χ4v) is 1.70. The summed E-state index contributed by atoms with van der Waals surface area (Å²) in [6.45, 7) is 2.00. The second-order valence-electron chi connectivity index (χ2n) is 4.34. The Balaban J connectivity index is 0.00000128. The zero-order chi connectivity index (χ0) is 10.9. The summed E-state index contributed by atoms with van der Waals surface area (Å²) in [7, 11) is 0. The Bertz CT molecular complexity index is 373. The second-order valence-corrected chi connectivity index (χ2v) is 4.34. The number of aromatic nitrogens is 1. The maximum absolute atomic E-state index is 11.8. The topological polar surface area (TPSA) is 68.0 Å². The molecule has 1 saturated carbocycles. The molecule has 16 heavy (non-hydrogen) atoms. The third kappa shape index (κ3) is 2.44. The molecule has 0 saturated heterocycles. The zero-order valence-electron chi connectivity index (χ0n) is 9.19. The number of amides is 1. The Labute approximate surface area is 101 Å². The Morgan fingerprint density at radius 1 is 1.50 bits per heavy atom. The smallest absolute Gasteiger partial charge is 0.230 e. The van der Waals surface area contributed by atoms with E-state index in [0.717, 1.165) is 19.3 Å². The van der Waals surface area contributed by atoms with Crippen molar-refractivity contribution in [1.82, 2.24) is 4.98 Å². The number of nitrogens with zero attached hydrogens (tertiary/aromatic N) is 1. The van der Waals surface area contributed by atoms with Crippen molar-refractivity contribution in [3.8, 4) is 0 Å². The normalized spacial score (nSPS) is 16.8. The predicted molar refractivity (Wildman–Crippen MR) is 66.5 cm³/mol. The van der Waals surface area contributed by atoms with Gasteiger partial charge in [0.05, 0.1) is 11.9 Å². The van der Waals surface area contributed by atoms with Crippen LogP contribution >= 0.6 is 12.4 Å². The summed E-state index contributed by atoms with van der Waals surface area (Å²) in [4.78, 5) is 15.8. The SMILES string of the molecule is CC1(C(=O)Nc2ccc(N)nc2)CCC1.Cl. The van der Waals surface area contributed by atoms with E-state index < -0.39 is 0 Å². The van der Waals surface area contributed by atoms with E-state index in [1.54, 1.807) is 18.3 Å². The molecule has 0 aliphatic heterocycles. The molecule has 3 N–H and O–H groups in total. The standard InChI is InChI=1S/C11H15N3O.ClH/c1-11(5-2-6-11)10(15)14-8-3-4-9(12)13-7-8;/h3-4,7H,2,5-6H2,1H3,(H2,12,13)(H,14,15);1H. The van der Waals surface area contributed by atoms with Crippen molar-refractivity contribution >= 4 is 29.8 Å². The molecule has 5 heteroatoms. The first-order chi connectivity index (χ1) is 7.10. The van der Waals surface area contributed by atoms with Gasteiger partial charge in [-0.1, -0.05) is 13.3 Å². The van der Waals surface area contributed by atoms with E-state index >= 15 is 0 Å². The molecule has 1 aliphatic carbocycles. The van der Waals surface area contributed by atoms with Gasteiger partial charge in [0.15, 0.2) is 0 Å². The summed E-state index contributed by atoms with van der Waals surface area (Å²) in [5.74, 6) is 0.545. The van der Waals surface area contributed by atoms with Crippen molar-refractivity contribution in [2.24, 2.45) is 5.41 Å². The molecule has 0 bridgehead atoms. The van der Waals surface area contributed by atoms with Crippen LogP contribution in [0.3, 0.4) is 0 Å². The highest BCUT2D eigenvalue weighted by atomic mass is 35.5. The highest BCUT2D eigenvalue weighted by Crippen LogP contribution is 2.41. The minimum atomic E-state index is -0.179. The average Bonchev–Trinajstić information content (AvgIpc) is 2.18. The van der Waals surface area contributed by atoms with Crippen LogP contribution in [-0.4, -0.2) is 10.9 Å². The number of halogens is 1. The van der Waals surface area contributed by atoms with Crippen LogP contribution in [0.15, 0.2) is 18.3 Å². The summed E-state index contributed by atoms with van der Waals surface area (Å²) >= 11 is 0. The number of hydrogen-bond acceptors (Lipinski definition) is 3. The predicted octanol–water partition coefficient (Wildman–Crippen LogP) is 2.21. The first-order valence-corrected chi connectivity index (χ1v) is 5.13. The fourth-order valence-electron chi connectivity index (χ4n) is 1.70. The van der Waals surface area contributed by atoms with Gasteiger partial charge in [0, 0.05) is 5.41 Å². The van der Waals surface area contributed by atoms with Crippen molar-refractivity contribution in [2.75, 3.05) is 11.1 Å². The summed E-state index contributed by atoms with van der Waals surface area (Å²) in [6.07, 6.45) is 4.67. The van der Waals surface area contributed by atoms with Gasteiger partial charge in [0.2, 0.25) is 5.91 Å².